The molecular formula is C19H24FN3O5. The summed E-state index contributed by atoms with van der Waals surface area (Å²) in [6.45, 7) is 3.34. The SMILES string of the molecule is CC(C)C[C@H](NC(=O)[C@@H]1CC(=O)N(c2ccc(F)cc2)C1)C(=O)NCC(=O)O. The molecule has 0 radical (unpaired) electrons. The average molecular weight is 393 g/mol. The van der Waals surface area contributed by atoms with Gasteiger partial charge >= 0.3 is 5.97 Å². The number of amides is 3. The van der Waals surface area contributed by atoms with E-state index in [0.29, 0.717) is 12.1 Å². The zero-order chi connectivity index (χ0) is 20.8. The summed E-state index contributed by atoms with van der Waals surface area (Å²) in [6, 6.07) is 4.52. The van der Waals surface area contributed by atoms with Crippen molar-refractivity contribution in [2.24, 2.45) is 11.8 Å². The average Bonchev–Trinajstić information content (AvgIpc) is 3.01. The molecule has 8 nitrogen and oxygen atoms in total. The number of nitrogens with one attached hydrogen (secondary N) is 2. The van der Waals surface area contributed by atoms with Gasteiger partial charge in [0.15, 0.2) is 0 Å². The van der Waals surface area contributed by atoms with Crippen molar-refractivity contribution in [2.75, 3.05) is 18.0 Å². The summed E-state index contributed by atoms with van der Waals surface area (Å²) < 4.78 is 13.1. The van der Waals surface area contributed by atoms with Crippen LogP contribution in [0.25, 0.3) is 0 Å². The van der Waals surface area contributed by atoms with Crippen molar-refractivity contribution in [2.45, 2.75) is 32.7 Å². The lowest BCUT2D eigenvalue weighted by molar-refractivity contribution is -0.138. The molecule has 2 rings (SSSR count). The van der Waals surface area contributed by atoms with E-state index in [4.69, 9.17) is 5.11 Å². The van der Waals surface area contributed by atoms with Crippen molar-refractivity contribution in [1.82, 2.24) is 10.6 Å². The van der Waals surface area contributed by atoms with Gasteiger partial charge in [0.2, 0.25) is 17.7 Å². The van der Waals surface area contributed by atoms with Gasteiger partial charge < -0.3 is 20.6 Å². The van der Waals surface area contributed by atoms with Gasteiger partial charge in [0.05, 0.1) is 5.92 Å². The molecule has 1 fully saturated rings. The number of carbonyl (C=O) groups excluding carboxylic acids is 3. The first-order chi connectivity index (χ1) is 13.2. The molecule has 28 heavy (non-hydrogen) atoms. The highest BCUT2D eigenvalue weighted by molar-refractivity contribution is 6.01. The Hall–Kier alpha value is -2.97. The van der Waals surface area contributed by atoms with Crippen LogP contribution in [0.1, 0.15) is 26.7 Å². The zero-order valence-electron chi connectivity index (χ0n) is 15.8. The Balaban J connectivity index is 2.02. The number of rotatable bonds is 8. The van der Waals surface area contributed by atoms with Gasteiger partial charge in [0, 0.05) is 18.7 Å². The molecule has 3 N–H and O–H groups in total. The minimum Gasteiger partial charge on any atom is -0.480 e. The van der Waals surface area contributed by atoms with Crippen LogP contribution in [0.15, 0.2) is 24.3 Å². The number of carbonyl (C=O) groups is 4. The molecule has 1 heterocycles. The summed E-state index contributed by atoms with van der Waals surface area (Å²) in [4.78, 5) is 49.1. The Morgan fingerprint density at radius 2 is 1.89 bits per heavy atom. The molecule has 1 aliphatic heterocycles. The van der Waals surface area contributed by atoms with Gasteiger partial charge in [-0.25, -0.2) is 4.39 Å². The monoisotopic (exact) mass is 393 g/mol. The first-order valence-electron chi connectivity index (χ1n) is 9.03. The second kappa shape index (κ2) is 9.29. The van der Waals surface area contributed by atoms with E-state index < -0.39 is 42.1 Å². The molecule has 0 unspecified atom stereocenters. The van der Waals surface area contributed by atoms with Gasteiger partial charge in [-0.1, -0.05) is 13.8 Å². The fourth-order valence-corrected chi connectivity index (χ4v) is 3.03. The Morgan fingerprint density at radius 1 is 1.25 bits per heavy atom. The number of benzene rings is 1. The predicted molar refractivity (Wildman–Crippen MR) is 98.9 cm³/mol. The molecular weight excluding hydrogens is 369 g/mol. The lowest BCUT2D eigenvalue weighted by atomic mass is 10.0. The lowest BCUT2D eigenvalue weighted by Gasteiger charge is -2.22. The molecule has 0 saturated carbocycles. The van der Waals surface area contributed by atoms with Crippen LogP contribution in [-0.4, -0.2) is 47.9 Å². The van der Waals surface area contributed by atoms with Gasteiger partial charge in [0.1, 0.15) is 18.4 Å². The van der Waals surface area contributed by atoms with Gasteiger partial charge in [-0.15, -0.1) is 0 Å². The van der Waals surface area contributed by atoms with Crippen LogP contribution in [0, 0.1) is 17.7 Å². The third kappa shape index (κ3) is 5.77. The van der Waals surface area contributed by atoms with Crippen molar-refractivity contribution in [3.05, 3.63) is 30.1 Å². The van der Waals surface area contributed by atoms with E-state index in [9.17, 15) is 23.6 Å². The second-order valence-electron chi connectivity index (χ2n) is 7.18. The Bertz CT molecular complexity index is 750. The quantitative estimate of drug-likeness (QED) is 0.607. The van der Waals surface area contributed by atoms with Crippen LogP contribution in [0.2, 0.25) is 0 Å². The first kappa shape index (κ1) is 21.3. The maximum absolute atomic E-state index is 13.1. The number of halogens is 1. The third-order valence-corrected chi connectivity index (χ3v) is 4.39. The van der Waals surface area contributed by atoms with Gasteiger partial charge in [-0.2, -0.15) is 0 Å². The Morgan fingerprint density at radius 3 is 2.46 bits per heavy atom. The molecule has 0 aliphatic carbocycles. The molecule has 1 aromatic rings. The lowest BCUT2D eigenvalue weighted by Crippen LogP contribution is -2.50. The summed E-state index contributed by atoms with van der Waals surface area (Å²) in [5.74, 6) is -3.46. The molecule has 0 bridgehead atoms. The van der Waals surface area contributed by atoms with Crippen LogP contribution in [-0.2, 0) is 19.2 Å². The molecule has 2 atom stereocenters. The Labute approximate surface area is 162 Å². The number of hydrogen-bond donors (Lipinski definition) is 3. The fraction of sp³-hybridized carbons (Fsp3) is 0.474. The number of hydrogen-bond acceptors (Lipinski definition) is 4. The Kier molecular flexibility index (Phi) is 7.08. The third-order valence-electron chi connectivity index (χ3n) is 4.39. The van der Waals surface area contributed by atoms with Crippen molar-refractivity contribution < 1.29 is 28.7 Å². The zero-order valence-corrected chi connectivity index (χ0v) is 15.8. The van der Waals surface area contributed by atoms with E-state index in [1.165, 1.54) is 29.2 Å². The van der Waals surface area contributed by atoms with Gasteiger partial charge in [0.25, 0.3) is 0 Å². The van der Waals surface area contributed by atoms with E-state index in [2.05, 4.69) is 10.6 Å². The van der Waals surface area contributed by atoms with Crippen molar-refractivity contribution in [3.8, 4) is 0 Å². The largest absolute Gasteiger partial charge is 0.480 e. The van der Waals surface area contributed by atoms with Gasteiger partial charge in [-0.3, -0.25) is 19.2 Å². The van der Waals surface area contributed by atoms with E-state index in [0.717, 1.165) is 0 Å². The number of aliphatic carboxylic acids is 1. The number of carboxylic acid groups (broad SMARTS) is 1. The normalized spacial score (nSPS) is 17.5. The second-order valence-corrected chi connectivity index (χ2v) is 7.18. The number of anilines is 1. The maximum Gasteiger partial charge on any atom is 0.322 e. The molecule has 9 heteroatoms. The number of carboxylic acids is 1. The molecule has 0 spiro atoms. The standard InChI is InChI=1S/C19H24FN3O5/c1-11(2)7-15(19(28)21-9-17(25)26)22-18(27)12-8-16(24)23(10-12)14-5-3-13(20)4-6-14/h3-6,11-12,15H,7-10H2,1-2H3,(H,21,28)(H,22,27)(H,25,26)/t12-,15+/m1/s1. The molecule has 1 saturated heterocycles. The van der Waals surface area contributed by atoms with E-state index >= 15 is 0 Å². The minimum atomic E-state index is -1.18. The van der Waals surface area contributed by atoms with Crippen molar-refractivity contribution in [3.63, 3.8) is 0 Å². The summed E-state index contributed by atoms with van der Waals surface area (Å²) in [6.07, 6.45) is 0.313. The molecule has 3 amide bonds. The van der Waals surface area contributed by atoms with E-state index in [1.54, 1.807) is 0 Å². The highest BCUT2D eigenvalue weighted by Gasteiger charge is 2.36. The predicted octanol–water partition coefficient (Wildman–Crippen LogP) is 0.910. The smallest absolute Gasteiger partial charge is 0.322 e. The van der Waals surface area contributed by atoms with Crippen LogP contribution in [0.5, 0.6) is 0 Å². The molecule has 0 aromatic heterocycles. The summed E-state index contributed by atoms with van der Waals surface area (Å²) >= 11 is 0. The minimum absolute atomic E-state index is 0.0195. The highest BCUT2D eigenvalue weighted by atomic mass is 19.1. The van der Waals surface area contributed by atoms with Crippen LogP contribution < -0.4 is 15.5 Å². The van der Waals surface area contributed by atoms with Crippen molar-refractivity contribution in [1.29, 1.82) is 0 Å². The summed E-state index contributed by atoms with van der Waals surface area (Å²) in [7, 11) is 0. The topological polar surface area (TPSA) is 116 Å². The summed E-state index contributed by atoms with van der Waals surface area (Å²) in [5, 5.41) is 13.6. The molecule has 152 valence electrons. The molecule has 1 aromatic carbocycles. The van der Waals surface area contributed by atoms with Crippen molar-refractivity contribution >= 4 is 29.4 Å². The van der Waals surface area contributed by atoms with E-state index in [1.807, 2.05) is 13.8 Å². The maximum atomic E-state index is 13.1. The van der Waals surface area contributed by atoms with E-state index in [-0.39, 0.29) is 24.8 Å². The van der Waals surface area contributed by atoms with Gasteiger partial charge in [-0.05, 0) is 36.6 Å². The van der Waals surface area contributed by atoms with Crippen LogP contribution in [0.3, 0.4) is 0 Å². The fourth-order valence-electron chi connectivity index (χ4n) is 3.03. The first-order valence-corrected chi connectivity index (χ1v) is 9.03. The van der Waals surface area contributed by atoms with Crippen LogP contribution in [0.4, 0.5) is 10.1 Å². The molecule has 1 aliphatic rings. The van der Waals surface area contributed by atoms with Crippen LogP contribution >= 0.6 is 0 Å². The highest BCUT2D eigenvalue weighted by Crippen LogP contribution is 2.25. The summed E-state index contributed by atoms with van der Waals surface area (Å²) in [5.41, 5.74) is 0.500. The number of nitrogens with zero attached hydrogens (tertiary/aromatic N) is 1.